The molecule has 1 aromatic carbocycles. The molecule has 0 N–H and O–H groups in total. The molecule has 0 fully saturated rings. The van der Waals surface area contributed by atoms with Crippen molar-refractivity contribution in [2.75, 3.05) is 38.1 Å². The van der Waals surface area contributed by atoms with E-state index < -0.39 is 29.6 Å². The van der Waals surface area contributed by atoms with E-state index in [0.717, 1.165) is 22.7 Å². The first-order valence-corrected chi connectivity index (χ1v) is 12.0. The number of benzene rings is 1. The zero-order valence-electron chi connectivity index (χ0n) is 19.3. The fourth-order valence-corrected chi connectivity index (χ4v) is 4.41. The van der Waals surface area contributed by atoms with E-state index in [9.17, 15) is 23.6 Å². The first-order chi connectivity index (χ1) is 16.2. The molecular weight excluding hydrogens is 489 g/mol. The van der Waals surface area contributed by atoms with Gasteiger partial charge in [-0.15, -0.1) is 11.8 Å². The van der Waals surface area contributed by atoms with Crippen molar-refractivity contribution in [3.05, 3.63) is 34.1 Å². The number of imide groups is 1. The summed E-state index contributed by atoms with van der Waals surface area (Å²) in [5.41, 5.74) is -0.0108. The molecule has 11 heteroatoms. The number of thioether (sulfide) groups is 1. The van der Waals surface area contributed by atoms with Crippen LogP contribution in [0.3, 0.4) is 0 Å². The summed E-state index contributed by atoms with van der Waals surface area (Å²) >= 11 is 7.10. The Balaban J connectivity index is 2.49. The van der Waals surface area contributed by atoms with Crippen molar-refractivity contribution in [1.82, 2.24) is 0 Å². The van der Waals surface area contributed by atoms with E-state index in [2.05, 4.69) is 4.74 Å². The second-order valence-corrected chi connectivity index (χ2v) is 8.70. The van der Waals surface area contributed by atoms with Gasteiger partial charge in [-0.1, -0.05) is 18.5 Å². The number of rotatable bonds is 10. The first-order valence-electron chi connectivity index (χ1n) is 10.7. The number of carbonyl (C=O) groups is 4. The minimum absolute atomic E-state index is 0.0184. The highest BCUT2D eigenvalue weighted by molar-refractivity contribution is 8.00. The third kappa shape index (κ3) is 7.04. The number of amides is 2. The number of esters is 2. The van der Waals surface area contributed by atoms with E-state index in [-0.39, 0.29) is 53.7 Å². The van der Waals surface area contributed by atoms with Crippen LogP contribution in [0, 0.1) is 5.82 Å². The van der Waals surface area contributed by atoms with E-state index in [4.69, 9.17) is 21.1 Å². The van der Waals surface area contributed by atoms with Crippen molar-refractivity contribution in [3.8, 4) is 0 Å². The molecule has 0 spiro atoms. The average Bonchev–Trinajstić information content (AvgIpc) is 2.84. The molecule has 0 saturated carbocycles. The van der Waals surface area contributed by atoms with Gasteiger partial charge in [-0.05, 0) is 37.8 Å². The van der Waals surface area contributed by atoms with Gasteiger partial charge >= 0.3 is 11.9 Å². The smallest absolute Gasteiger partial charge is 0.334 e. The summed E-state index contributed by atoms with van der Waals surface area (Å²) in [5.74, 6) is -3.60. The lowest BCUT2D eigenvalue weighted by Crippen LogP contribution is -2.39. The van der Waals surface area contributed by atoms with Crippen LogP contribution in [0.15, 0.2) is 28.2 Å². The van der Waals surface area contributed by atoms with Crippen molar-refractivity contribution in [3.63, 3.8) is 0 Å². The van der Waals surface area contributed by atoms with Crippen molar-refractivity contribution >= 4 is 52.8 Å². The number of ether oxygens (including phenoxy) is 3. The Morgan fingerprint density at radius 1 is 1.09 bits per heavy atom. The number of halogens is 2. The van der Waals surface area contributed by atoms with E-state index >= 15 is 0 Å². The Kier molecular flexibility index (Phi) is 11.0. The number of hydrogen-bond donors (Lipinski definition) is 0. The summed E-state index contributed by atoms with van der Waals surface area (Å²) in [5, 5.41) is 0.0193. The fourth-order valence-electron chi connectivity index (χ4n) is 3.32. The lowest BCUT2D eigenvalue weighted by molar-refractivity contribution is -0.141. The van der Waals surface area contributed by atoms with Crippen LogP contribution < -0.4 is 4.90 Å². The molecule has 0 heterocycles. The van der Waals surface area contributed by atoms with Gasteiger partial charge in [-0.25, -0.2) is 14.1 Å². The third-order valence-corrected chi connectivity index (χ3v) is 6.52. The standard InChI is InChI=1S/C23H27ClFNO7S/c1-4-20(27)26(18-12-19(16(24)11-17(18)25)34-13-21(28)32-3)22(29)14-7-5-6-8-15(14)23(30)33-10-9-31-2/h11-12H,4-10,13H2,1-3H3. The van der Waals surface area contributed by atoms with E-state index in [0.29, 0.717) is 24.2 Å². The Morgan fingerprint density at radius 2 is 1.76 bits per heavy atom. The summed E-state index contributed by atoms with van der Waals surface area (Å²) in [7, 11) is 2.70. The zero-order valence-corrected chi connectivity index (χ0v) is 20.9. The fraction of sp³-hybridized carbons (Fsp3) is 0.478. The average molecular weight is 516 g/mol. The Labute approximate surface area is 206 Å². The Bertz CT molecular complexity index is 982. The molecule has 1 aliphatic carbocycles. The predicted molar refractivity (Wildman–Crippen MR) is 125 cm³/mol. The van der Waals surface area contributed by atoms with Crippen molar-refractivity contribution in [2.45, 2.75) is 43.9 Å². The topological polar surface area (TPSA) is 99.2 Å². The molecule has 1 aliphatic rings. The molecule has 2 rings (SSSR count). The van der Waals surface area contributed by atoms with Crippen molar-refractivity contribution in [1.29, 1.82) is 0 Å². The number of carbonyl (C=O) groups excluding carboxylic acids is 4. The van der Waals surface area contributed by atoms with Crippen molar-refractivity contribution < 1.29 is 37.8 Å². The van der Waals surface area contributed by atoms with Crippen LogP contribution >= 0.6 is 23.4 Å². The molecule has 2 amide bonds. The maximum absolute atomic E-state index is 15.0. The molecule has 186 valence electrons. The van der Waals surface area contributed by atoms with Gasteiger partial charge in [0.2, 0.25) is 5.91 Å². The van der Waals surface area contributed by atoms with Crippen LogP contribution in [-0.2, 0) is 33.4 Å². The van der Waals surface area contributed by atoms with Crippen LogP contribution in [0.25, 0.3) is 0 Å². The highest BCUT2D eigenvalue weighted by Crippen LogP contribution is 2.36. The quantitative estimate of drug-likeness (QED) is 0.261. The first kappa shape index (κ1) is 27.8. The summed E-state index contributed by atoms with van der Waals surface area (Å²) in [4.78, 5) is 51.5. The summed E-state index contributed by atoms with van der Waals surface area (Å²) < 4.78 is 29.6. The second kappa shape index (κ2) is 13.5. The molecule has 1 aromatic rings. The molecule has 0 aromatic heterocycles. The van der Waals surface area contributed by atoms with Crippen LogP contribution in [0.4, 0.5) is 10.1 Å². The minimum atomic E-state index is -0.886. The summed E-state index contributed by atoms with van der Waals surface area (Å²) in [6.45, 7) is 1.76. The Hall–Kier alpha value is -2.43. The lowest BCUT2D eigenvalue weighted by atomic mass is 9.90. The van der Waals surface area contributed by atoms with Gasteiger partial charge in [0, 0.05) is 29.6 Å². The molecule has 34 heavy (non-hydrogen) atoms. The van der Waals surface area contributed by atoms with Gasteiger partial charge < -0.3 is 14.2 Å². The Morgan fingerprint density at radius 3 is 2.38 bits per heavy atom. The van der Waals surface area contributed by atoms with Crippen LogP contribution in [-0.4, -0.2) is 56.9 Å². The predicted octanol–water partition coefficient (Wildman–Crippen LogP) is 4.07. The second-order valence-electron chi connectivity index (χ2n) is 7.28. The number of anilines is 1. The SMILES string of the molecule is CCC(=O)N(C(=O)C1=C(C(=O)OCCOC)CCCC1)c1cc(SCC(=O)OC)c(Cl)cc1F. The number of nitrogens with zero attached hydrogens (tertiary/aromatic N) is 1. The van der Waals surface area contributed by atoms with Gasteiger partial charge in [0.25, 0.3) is 5.91 Å². The molecule has 0 aliphatic heterocycles. The van der Waals surface area contributed by atoms with E-state index in [1.807, 2.05) is 0 Å². The number of hydrogen-bond acceptors (Lipinski definition) is 8. The molecule has 8 nitrogen and oxygen atoms in total. The molecule has 0 bridgehead atoms. The van der Waals surface area contributed by atoms with Gasteiger partial charge in [0.1, 0.15) is 12.4 Å². The number of methoxy groups -OCH3 is 2. The molecule has 0 radical (unpaired) electrons. The zero-order chi connectivity index (χ0) is 25.3. The monoisotopic (exact) mass is 515 g/mol. The molecule has 0 unspecified atom stereocenters. The van der Waals surface area contributed by atoms with Gasteiger partial charge in [-0.2, -0.15) is 0 Å². The van der Waals surface area contributed by atoms with Gasteiger partial charge in [0.05, 0.1) is 30.2 Å². The van der Waals surface area contributed by atoms with E-state index in [1.165, 1.54) is 20.3 Å². The molecule has 0 saturated heterocycles. The lowest BCUT2D eigenvalue weighted by Gasteiger charge is -2.26. The minimum Gasteiger partial charge on any atom is -0.468 e. The van der Waals surface area contributed by atoms with Crippen molar-refractivity contribution in [2.24, 2.45) is 0 Å². The summed E-state index contributed by atoms with van der Waals surface area (Å²) in [6, 6.07) is 2.23. The van der Waals surface area contributed by atoms with E-state index in [1.54, 1.807) is 6.92 Å². The summed E-state index contributed by atoms with van der Waals surface area (Å²) in [6.07, 6.45) is 1.79. The maximum atomic E-state index is 15.0. The van der Waals surface area contributed by atoms with Crippen LogP contribution in [0.2, 0.25) is 5.02 Å². The van der Waals surface area contributed by atoms with Crippen LogP contribution in [0.5, 0.6) is 0 Å². The molecular formula is C23H27ClFNO7S. The third-order valence-electron chi connectivity index (χ3n) is 5.06. The van der Waals surface area contributed by atoms with Crippen LogP contribution in [0.1, 0.15) is 39.0 Å². The highest BCUT2D eigenvalue weighted by Gasteiger charge is 2.33. The van der Waals surface area contributed by atoms with Gasteiger partial charge in [-0.3, -0.25) is 14.4 Å². The normalized spacial score (nSPS) is 13.4. The maximum Gasteiger partial charge on any atom is 0.334 e. The molecule has 0 atom stereocenters. The van der Waals surface area contributed by atoms with Gasteiger partial charge in [0.15, 0.2) is 0 Å². The largest absolute Gasteiger partial charge is 0.468 e. The highest BCUT2D eigenvalue weighted by atomic mass is 35.5.